The van der Waals surface area contributed by atoms with Crippen molar-refractivity contribution in [2.45, 2.75) is 51.5 Å². The van der Waals surface area contributed by atoms with E-state index in [1.165, 1.54) is 0 Å². The van der Waals surface area contributed by atoms with E-state index in [9.17, 15) is 9.59 Å². The van der Waals surface area contributed by atoms with E-state index in [1.807, 2.05) is 21.6 Å². The molecular formula is C18H32N4O2. The van der Waals surface area contributed by atoms with Crippen LogP contribution in [0.25, 0.3) is 0 Å². The Labute approximate surface area is 145 Å². The van der Waals surface area contributed by atoms with Gasteiger partial charge in [-0.2, -0.15) is 0 Å². The Morgan fingerprint density at radius 2 is 1.50 bits per heavy atom. The summed E-state index contributed by atoms with van der Waals surface area (Å²) in [5.74, 6) is 0.616. The molecule has 3 amide bonds. The number of hydrogen-bond acceptors (Lipinski definition) is 3. The fraction of sp³-hybridized carbons (Fsp3) is 0.889. The lowest BCUT2D eigenvalue weighted by Gasteiger charge is -2.39. The van der Waals surface area contributed by atoms with Crippen molar-refractivity contribution in [2.24, 2.45) is 17.6 Å². The minimum atomic E-state index is -0.0304. The number of carbonyl (C=O) groups excluding carboxylic acids is 2. The average Bonchev–Trinajstić information content (AvgIpc) is 3.15. The zero-order valence-electron chi connectivity index (χ0n) is 15.0. The first-order chi connectivity index (χ1) is 11.6. The van der Waals surface area contributed by atoms with Gasteiger partial charge in [0.1, 0.15) is 0 Å². The molecule has 3 atom stereocenters. The quantitative estimate of drug-likeness (QED) is 0.831. The second kappa shape index (κ2) is 7.72. The van der Waals surface area contributed by atoms with Gasteiger partial charge in [0, 0.05) is 45.3 Å². The van der Waals surface area contributed by atoms with Crippen LogP contribution < -0.4 is 5.73 Å². The Morgan fingerprint density at radius 3 is 2.21 bits per heavy atom. The first-order valence-corrected chi connectivity index (χ1v) is 9.64. The van der Waals surface area contributed by atoms with Gasteiger partial charge < -0.3 is 20.4 Å². The van der Waals surface area contributed by atoms with Gasteiger partial charge >= 0.3 is 6.03 Å². The van der Waals surface area contributed by atoms with Crippen molar-refractivity contribution in [2.75, 3.05) is 39.3 Å². The number of urea groups is 1. The monoisotopic (exact) mass is 336 g/mol. The van der Waals surface area contributed by atoms with Gasteiger partial charge in [0.25, 0.3) is 0 Å². The minimum absolute atomic E-state index is 0.0304. The van der Waals surface area contributed by atoms with Gasteiger partial charge in [0.2, 0.25) is 5.91 Å². The van der Waals surface area contributed by atoms with Crippen LogP contribution in [0.3, 0.4) is 0 Å². The van der Waals surface area contributed by atoms with Gasteiger partial charge in [-0.15, -0.1) is 0 Å². The highest BCUT2D eigenvalue weighted by molar-refractivity contribution is 5.81. The predicted molar refractivity (Wildman–Crippen MR) is 93.5 cm³/mol. The second-order valence-electron chi connectivity index (χ2n) is 7.81. The summed E-state index contributed by atoms with van der Waals surface area (Å²) in [6.07, 6.45) is 6.21. The third-order valence-electron chi connectivity index (χ3n) is 5.93. The van der Waals surface area contributed by atoms with E-state index < -0.39 is 0 Å². The summed E-state index contributed by atoms with van der Waals surface area (Å²) in [5.41, 5.74) is 6.04. The van der Waals surface area contributed by atoms with E-state index in [1.54, 1.807) is 0 Å². The molecule has 6 heteroatoms. The zero-order valence-corrected chi connectivity index (χ0v) is 15.0. The molecule has 0 aromatic carbocycles. The molecule has 6 nitrogen and oxygen atoms in total. The zero-order chi connectivity index (χ0) is 17.1. The van der Waals surface area contributed by atoms with Crippen LogP contribution in [0.15, 0.2) is 0 Å². The number of piperidine rings is 2. The topological polar surface area (TPSA) is 69.9 Å². The highest BCUT2D eigenvalue weighted by atomic mass is 16.2. The lowest BCUT2D eigenvalue weighted by Crippen LogP contribution is -2.52. The molecular weight excluding hydrogens is 304 g/mol. The molecule has 3 saturated heterocycles. The largest absolute Gasteiger partial charge is 0.342 e. The normalized spacial score (nSPS) is 29.7. The molecule has 0 aromatic rings. The van der Waals surface area contributed by atoms with E-state index >= 15 is 0 Å². The lowest BCUT2D eigenvalue weighted by molar-refractivity contribution is -0.139. The molecule has 0 aliphatic carbocycles. The molecule has 24 heavy (non-hydrogen) atoms. The van der Waals surface area contributed by atoms with Crippen LogP contribution in [0.4, 0.5) is 4.79 Å². The average molecular weight is 336 g/mol. The number of carbonyl (C=O) groups is 2. The standard InChI is InChI=1S/C18H32N4O2/c1-14(19)15-6-4-10-21(12-15)17(23)16-7-5-11-22(13-16)18(24)20-8-2-3-9-20/h14-16H,2-13,19H2,1H3. The first kappa shape index (κ1) is 17.5. The third-order valence-corrected chi connectivity index (χ3v) is 5.93. The van der Waals surface area contributed by atoms with Crippen LogP contribution >= 0.6 is 0 Å². The van der Waals surface area contributed by atoms with Crippen LogP contribution in [-0.4, -0.2) is 71.9 Å². The van der Waals surface area contributed by atoms with Crippen LogP contribution in [0, 0.1) is 11.8 Å². The number of nitrogens with zero attached hydrogens (tertiary/aromatic N) is 3. The molecule has 136 valence electrons. The van der Waals surface area contributed by atoms with Gasteiger partial charge in [0.05, 0.1) is 5.92 Å². The Balaban J connectivity index is 1.57. The van der Waals surface area contributed by atoms with E-state index in [-0.39, 0.29) is 23.9 Å². The maximum Gasteiger partial charge on any atom is 0.320 e. The summed E-state index contributed by atoms with van der Waals surface area (Å²) in [5, 5.41) is 0. The van der Waals surface area contributed by atoms with Gasteiger partial charge in [-0.25, -0.2) is 4.79 Å². The minimum Gasteiger partial charge on any atom is -0.342 e. The molecule has 3 aliphatic heterocycles. The van der Waals surface area contributed by atoms with Gasteiger partial charge in [0.15, 0.2) is 0 Å². The van der Waals surface area contributed by atoms with Crippen molar-refractivity contribution >= 4 is 11.9 Å². The number of rotatable bonds is 2. The number of nitrogens with two attached hydrogens (primary N) is 1. The summed E-state index contributed by atoms with van der Waals surface area (Å²) in [7, 11) is 0. The maximum absolute atomic E-state index is 12.9. The third kappa shape index (κ3) is 3.85. The van der Waals surface area contributed by atoms with Crippen LogP contribution in [0.5, 0.6) is 0 Å². The molecule has 0 saturated carbocycles. The summed E-state index contributed by atoms with van der Waals surface area (Å²) in [4.78, 5) is 31.4. The molecule has 3 heterocycles. The Bertz CT molecular complexity index is 462. The van der Waals surface area contributed by atoms with Crippen LogP contribution in [0.1, 0.15) is 45.4 Å². The van der Waals surface area contributed by atoms with Gasteiger partial charge in [-0.1, -0.05) is 0 Å². The highest BCUT2D eigenvalue weighted by Crippen LogP contribution is 2.25. The SMILES string of the molecule is CC(N)C1CCCN(C(=O)C2CCCN(C(=O)N3CCCC3)C2)C1. The number of likely N-dealkylation sites (tertiary alicyclic amines) is 3. The van der Waals surface area contributed by atoms with Crippen molar-refractivity contribution < 1.29 is 9.59 Å². The van der Waals surface area contributed by atoms with Gasteiger partial charge in [-0.3, -0.25) is 4.79 Å². The van der Waals surface area contributed by atoms with Crippen molar-refractivity contribution in [1.29, 1.82) is 0 Å². The molecule has 3 fully saturated rings. The Morgan fingerprint density at radius 1 is 0.875 bits per heavy atom. The molecule has 3 aliphatic rings. The van der Waals surface area contributed by atoms with Crippen molar-refractivity contribution in [3.63, 3.8) is 0 Å². The highest BCUT2D eigenvalue weighted by Gasteiger charge is 2.35. The molecule has 3 rings (SSSR count). The van der Waals surface area contributed by atoms with Crippen LogP contribution in [-0.2, 0) is 4.79 Å². The smallest absolute Gasteiger partial charge is 0.320 e. The van der Waals surface area contributed by atoms with Gasteiger partial charge in [-0.05, 0) is 51.4 Å². The molecule has 0 spiro atoms. The Kier molecular flexibility index (Phi) is 5.64. The summed E-state index contributed by atoms with van der Waals surface area (Å²) in [6, 6.07) is 0.275. The first-order valence-electron chi connectivity index (χ1n) is 9.64. The van der Waals surface area contributed by atoms with E-state index in [2.05, 4.69) is 0 Å². The van der Waals surface area contributed by atoms with Crippen molar-refractivity contribution in [1.82, 2.24) is 14.7 Å². The summed E-state index contributed by atoms with van der Waals surface area (Å²) < 4.78 is 0. The fourth-order valence-electron chi connectivity index (χ4n) is 4.36. The molecule has 2 N–H and O–H groups in total. The van der Waals surface area contributed by atoms with Crippen molar-refractivity contribution in [3.8, 4) is 0 Å². The van der Waals surface area contributed by atoms with E-state index in [0.29, 0.717) is 12.5 Å². The summed E-state index contributed by atoms with van der Waals surface area (Å²) in [6.45, 7) is 6.79. The van der Waals surface area contributed by atoms with E-state index in [0.717, 1.165) is 71.2 Å². The molecule has 0 bridgehead atoms. The number of hydrogen-bond donors (Lipinski definition) is 1. The van der Waals surface area contributed by atoms with Crippen LogP contribution in [0.2, 0.25) is 0 Å². The van der Waals surface area contributed by atoms with E-state index in [4.69, 9.17) is 5.73 Å². The van der Waals surface area contributed by atoms with Crippen molar-refractivity contribution in [3.05, 3.63) is 0 Å². The predicted octanol–water partition coefficient (Wildman–Crippen LogP) is 1.50. The molecule has 0 aromatic heterocycles. The number of amides is 3. The second-order valence-corrected chi connectivity index (χ2v) is 7.81. The fourth-order valence-corrected chi connectivity index (χ4v) is 4.36. The summed E-state index contributed by atoms with van der Waals surface area (Å²) >= 11 is 0. The molecule has 3 unspecified atom stereocenters. The molecule has 0 radical (unpaired) electrons. The lowest BCUT2D eigenvalue weighted by atomic mass is 9.90. The Hall–Kier alpha value is -1.30. The maximum atomic E-state index is 12.9.